The molecule has 0 N–H and O–H groups in total. The van der Waals surface area contributed by atoms with E-state index >= 15 is 0 Å². The summed E-state index contributed by atoms with van der Waals surface area (Å²) < 4.78 is 2.08. The van der Waals surface area contributed by atoms with E-state index in [2.05, 4.69) is 52.9 Å². The van der Waals surface area contributed by atoms with Crippen LogP contribution in [0.4, 0.5) is 0 Å². The second kappa shape index (κ2) is 6.04. The predicted octanol–water partition coefficient (Wildman–Crippen LogP) is 2.59. The van der Waals surface area contributed by atoms with Crippen molar-refractivity contribution in [2.75, 3.05) is 13.1 Å². The van der Waals surface area contributed by atoms with Crippen LogP contribution in [0.15, 0.2) is 30.6 Å². The maximum Gasteiger partial charge on any atom is 0.223 e. The number of benzene rings is 1. The minimum atomic E-state index is 0.169. The number of nitrogens with zero attached hydrogens (tertiary/aromatic N) is 4. The van der Waals surface area contributed by atoms with Crippen LogP contribution in [-0.4, -0.2) is 38.7 Å². The van der Waals surface area contributed by atoms with Crippen LogP contribution >= 0.6 is 0 Å². The van der Waals surface area contributed by atoms with Gasteiger partial charge in [-0.25, -0.2) is 9.67 Å². The fourth-order valence-electron chi connectivity index (χ4n) is 4.10. The van der Waals surface area contributed by atoms with Crippen LogP contribution < -0.4 is 0 Å². The highest BCUT2D eigenvalue weighted by Crippen LogP contribution is 2.34. The van der Waals surface area contributed by atoms with Gasteiger partial charge in [0, 0.05) is 25.4 Å². The number of rotatable bonds is 4. The summed E-state index contributed by atoms with van der Waals surface area (Å²) >= 11 is 0. The Kier molecular flexibility index (Phi) is 3.87. The van der Waals surface area contributed by atoms with Crippen LogP contribution in [0.25, 0.3) is 0 Å². The van der Waals surface area contributed by atoms with Gasteiger partial charge in [-0.05, 0) is 29.9 Å². The summed E-state index contributed by atoms with van der Waals surface area (Å²) in [5.41, 5.74) is 2.82. The Bertz CT molecular complexity index is 726. The quantitative estimate of drug-likeness (QED) is 0.868. The van der Waals surface area contributed by atoms with Crippen LogP contribution in [0.2, 0.25) is 0 Å². The molecule has 1 saturated heterocycles. The van der Waals surface area contributed by atoms with Gasteiger partial charge in [-0.1, -0.05) is 38.1 Å². The first-order chi connectivity index (χ1) is 11.6. The fourth-order valence-corrected chi connectivity index (χ4v) is 4.10. The van der Waals surface area contributed by atoms with E-state index in [4.69, 9.17) is 0 Å². The van der Waals surface area contributed by atoms with Crippen molar-refractivity contribution in [2.45, 2.75) is 45.1 Å². The van der Waals surface area contributed by atoms with E-state index < -0.39 is 0 Å². The normalized spacial score (nSPS) is 21.0. The summed E-state index contributed by atoms with van der Waals surface area (Å²) in [6.45, 7) is 5.91. The smallest absolute Gasteiger partial charge is 0.223 e. The molecule has 2 aliphatic rings. The topological polar surface area (TPSA) is 51.0 Å². The van der Waals surface area contributed by atoms with Crippen molar-refractivity contribution in [3.63, 3.8) is 0 Å². The molecule has 1 amide bonds. The van der Waals surface area contributed by atoms with Crippen molar-refractivity contribution in [3.8, 4) is 0 Å². The molecule has 1 aromatic heterocycles. The monoisotopic (exact) mass is 324 g/mol. The van der Waals surface area contributed by atoms with Crippen molar-refractivity contribution >= 4 is 5.91 Å². The first kappa shape index (κ1) is 15.4. The average Bonchev–Trinajstić information content (AvgIpc) is 3.24. The van der Waals surface area contributed by atoms with Crippen molar-refractivity contribution in [1.82, 2.24) is 19.7 Å². The Morgan fingerprint density at radius 1 is 1.17 bits per heavy atom. The Labute approximate surface area is 142 Å². The molecule has 1 aromatic carbocycles. The molecule has 4 rings (SSSR count). The maximum absolute atomic E-state index is 12.3. The van der Waals surface area contributed by atoms with Gasteiger partial charge < -0.3 is 4.90 Å². The summed E-state index contributed by atoms with van der Waals surface area (Å²) in [5.74, 6) is 1.89. The zero-order valence-electron chi connectivity index (χ0n) is 14.4. The standard InChI is InChI=1S/C19H24N4O/c1-13(2)10-22-11-16(9-18(22)24)19-20-12-21-23(19)17-7-14-5-3-4-6-15(14)8-17/h3-6,12-13,16-17H,7-11H2,1-2H3/t16-/m0/s1. The lowest BCUT2D eigenvalue weighted by Gasteiger charge is -2.19. The Balaban J connectivity index is 1.53. The SMILES string of the molecule is CC(C)CN1C[C@@H](c2ncnn2C2Cc3ccccc3C2)CC1=O. The molecule has 1 atom stereocenters. The third-order valence-corrected chi connectivity index (χ3v) is 5.14. The Hall–Kier alpha value is -2.17. The van der Waals surface area contributed by atoms with E-state index in [9.17, 15) is 4.79 Å². The van der Waals surface area contributed by atoms with Gasteiger partial charge in [0.25, 0.3) is 0 Å². The highest BCUT2D eigenvalue weighted by atomic mass is 16.2. The molecule has 1 fully saturated rings. The van der Waals surface area contributed by atoms with Crippen LogP contribution in [0.3, 0.4) is 0 Å². The minimum absolute atomic E-state index is 0.169. The highest BCUT2D eigenvalue weighted by molar-refractivity contribution is 5.79. The van der Waals surface area contributed by atoms with E-state index in [1.165, 1.54) is 11.1 Å². The third kappa shape index (κ3) is 2.72. The maximum atomic E-state index is 12.3. The predicted molar refractivity (Wildman–Crippen MR) is 91.7 cm³/mol. The summed E-state index contributed by atoms with van der Waals surface area (Å²) in [6, 6.07) is 8.94. The molecule has 5 heteroatoms. The summed E-state index contributed by atoms with van der Waals surface area (Å²) in [6.07, 6.45) is 4.21. The van der Waals surface area contributed by atoms with E-state index in [1.54, 1.807) is 6.33 Å². The molecular formula is C19H24N4O. The van der Waals surface area contributed by atoms with Gasteiger partial charge in [-0.3, -0.25) is 4.79 Å². The molecule has 0 radical (unpaired) electrons. The number of carbonyl (C=O) groups excluding carboxylic acids is 1. The summed E-state index contributed by atoms with van der Waals surface area (Å²) in [7, 11) is 0. The van der Waals surface area contributed by atoms with Crippen LogP contribution in [-0.2, 0) is 17.6 Å². The molecule has 2 aromatic rings. The van der Waals surface area contributed by atoms with Crippen molar-refractivity contribution in [2.24, 2.45) is 5.92 Å². The molecule has 2 heterocycles. The molecular weight excluding hydrogens is 300 g/mol. The van der Waals surface area contributed by atoms with E-state index in [1.807, 2.05) is 4.90 Å². The molecule has 1 aliphatic heterocycles. The number of hydrogen-bond acceptors (Lipinski definition) is 3. The van der Waals surface area contributed by atoms with Gasteiger partial charge in [0.05, 0.1) is 6.04 Å². The number of likely N-dealkylation sites (tertiary alicyclic amines) is 1. The number of hydrogen-bond donors (Lipinski definition) is 0. The minimum Gasteiger partial charge on any atom is -0.342 e. The first-order valence-electron chi connectivity index (χ1n) is 8.85. The fraction of sp³-hybridized carbons (Fsp3) is 0.526. The van der Waals surface area contributed by atoms with Crippen molar-refractivity contribution < 1.29 is 4.79 Å². The van der Waals surface area contributed by atoms with Crippen molar-refractivity contribution in [3.05, 3.63) is 47.5 Å². The molecule has 0 spiro atoms. The molecule has 126 valence electrons. The second-order valence-electron chi connectivity index (χ2n) is 7.49. The molecule has 24 heavy (non-hydrogen) atoms. The van der Waals surface area contributed by atoms with Gasteiger partial charge in [-0.15, -0.1) is 0 Å². The Morgan fingerprint density at radius 2 is 1.88 bits per heavy atom. The average molecular weight is 324 g/mol. The van der Waals surface area contributed by atoms with Gasteiger partial charge in [0.15, 0.2) is 0 Å². The van der Waals surface area contributed by atoms with Gasteiger partial charge in [-0.2, -0.15) is 5.10 Å². The zero-order chi connectivity index (χ0) is 16.7. The lowest BCUT2D eigenvalue weighted by Crippen LogP contribution is -2.29. The van der Waals surface area contributed by atoms with Gasteiger partial charge in [0.1, 0.15) is 12.2 Å². The molecule has 5 nitrogen and oxygen atoms in total. The Morgan fingerprint density at radius 3 is 2.54 bits per heavy atom. The van der Waals surface area contributed by atoms with Gasteiger partial charge >= 0.3 is 0 Å². The van der Waals surface area contributed by atoms with Crippen LogP contribution in [0.5, 0.6) is 0 Å². The largest absolute Gasteiger partial charge is 0.342 e. The molecule has 1 aliphatic carbocycles. The van der Waals surface area contributed by atoms with Crippen LogP contribution in [0.1, 0.15) is 49.2 Å². The first-order valence-corrected chi connectivity index (χ1v) is 8.85. The lowest BCUT2D eigenvalue weighted by atomic mass is 10.1. The number of aromatic nitrogens is 3. The molecule has 0 saturated carbocycles. The van der Waals surface area contributed by atoms with Crippen molar-refractivity contribution in [1.29, 1.82) is 0 Å². The van der Waals surface area contributed by atoms with E-state index in [-0.39, 0.29) is 11.8 Å². The molecule has 0 bridgehead atoms. The highest BCUT2D eigenvalue weighted by Gasteiger charge is 2.35. The lowest BCUT2D eigenvalue weighted by molar-refractivity contribution is -0.128. The number of amides is 1. The zero-order valence-corrected chi connectivity index (χ0v) is 14.4. The summed E-state index contributed by atoms with van der Waals surface area (Å²) in [4.78, 5) is 18.8. The van der Waals surface area contributed by atoms with E-state index in [0.29, 0.717) is 18.4 Å². The molecule has 0 unspecified atom stereocenters. The van der Waals surface area contributed by atoms with Crippen LogP contribution in [0, 0.1) is 5.92 Å². The summed E-state index contributed by atoms with van der Waals surface area (Å²) in [5, 5.41) is 4.51. The third-order valence-electron chi connectivity index (χ3n) is 5.14. The second-order valence-corrected chi connectivity index (χ2v) is 7.49. The number of fused-ring (bicyclic) bond motifs is 1. The van der Waals surface area contributed by atoms with E-state index in [0.717, 1.165) is 31.8 Å². The van der Waals surface area contributed by atoms with Gasteiger partial charge in [0.2, 0.25) is 5.91 Å². The number of carbonyl (C=O) groups is 1.